The Bertz CT molecular complexity index is 822. The van der Waals surface area contributed by atoms with Crippen molar-refractivity contribution in [3.8, 4) is 6.07 Å². The molecule has 24 heavy (non-hydrogen) atoms. The number of alkyl halides is 3. The van der Waals surface area contributed by atoms with E-state index in [9.17, 15) is 18.0 Å². The largest absolute Gasteiger partial charge is 0.416 e. The van der Waals surface area contributed by atoms with Crippen molar-refractivity contribution in [1.82, 2.24) is 0 Å². The summed E-state index contributed by atoms with van der Waals surface area (Å²) in [6.45, 7) is 1.41. The smallest absolute Gasteiger partial charge is 0.295 e. The van der Waals surface area contributed by atoms with Crippen molar-refractivity contribution < 1.29 is 18.0 Å². The predicted octanol–water partition coefficient (Wildman–Crippen LogP) is 5.22. The van der Waals surface area contributed by atoms with Gasteiger partial charge >= 0.3 is 6.18 Å². The third-order valence-corrected chi connectivity index (χ3v) is 3.94. The summed E-state index contributed by atoms with van der Waals surface area (Å²) < 4.78 is 37.9. The lowest BCUT2D eigenvalue weighted by molar-refractivity contribution is -0.137. The molecular weight excluding hydrogens is 339 g/mol. The Kier molecular flexibility index (Phi) is 5.30. The number of nitriles is 1. The van der Waals surface area contributed by atoms with Crippen molar-refractivity contribution in [1.29, 1.82) is 5.26 Å². The molecule has 0 atom stereocenters. The molecule has 0 spiro atoms. The molecule has 0 bridgehead atoms. The van der Waals surface area contributed by atoms with Gasteiger partial charge in [-0.25, -0.2) is 0 Å². The molecule has 0 radical (unpaired) electrons. The van der Waals surface area contributed by atoms with Crippen LogP contribution in [0.15, 0.2) is 36.4 Å². The van der Waals surface area contributed by atoms with Gasteiger partial charge in [-0.2, -0.15) is 18.4 Å². The first kappa shape index (κ1) is 18.0. The van der Waals surface area contributed by atoms with Crippen LogP contribution in [0.2, 0.25) is 5.02 Å². The van der Waals surface area contributed by atoms with Crippen LogP contribution in [0.3, 0.4) is 0 Å². The van der Waals surface area contributed by atoms with Crippen molar-refractivity contribution in [2.24, 2.45) is 0 Å². The van der Waals surface area contributed by atoms with E-state index in [1.165, 1.54) is 19.1 Å². The van der Waals surface area contributed by atoms with E-state index in [1.54, 1.807) is 12.1 Å². The summed E-state index contributed by atoms with van der Waals surface area (Å²) in [5.74, 6) is -0.152. The van der Waals surface area contributed by atoms with E-state index in [-0.39, 0.29) is 10.8 Å². The minimum absolute atomic E-state index is 0.0491. The third kappa shape index (κ3) is 4.36. The zero-order valence-corrected chi connectivity index (χ0v) is 13.5. The highest BCUT2D eigenvalue weighted by molar-refractivity contribution is 6.31. The molecule has 0 fully saturated rings. The van der Waals surface area contributed by atoms with E-state index in [0.717, 1.165) is 17.7 Å². The summed E-state index contributed by atoms with van der Waals surface area (Å²) in [5, 5.41) is 9.06. The number of aryl methyl sites for hydroxylation is 2. The lowest BCUT2D eigenvalue weighted by Crippen LogP contribution is -2.05. The molecule has 0 unspecified atom stereocenters. The molecule has 2 rings (SSSR count). The van der Waals surface area contributed by atoms with Crippen LogP contribution in [0.5, 0.6) is 0 Å². The van der Waals surface area contributed by atoms with Crippen LogP contribution in [0.25, 0.3) is 0 Å². The van der Waals surface area contributed by atoms with Crippen molar-refractivity contribution in [2.45, 2.75) is 25.9 Å². The molecule has 2 nitrogen and oxygen atoms in total. The fraction of sp³-hybridized carbons (Fsp3) is 0.222. The maximum absolute atomic E-state index is 12.6. The lowest BCUT2D eigenvalue weighted by atomic mass is 9.98. The molecule has 0 heterocycles. The third-order valence-electron chi connectivity index (χ3n) is 3.59. The zero-order valence-electron chi connectivity index (χ0n) is 12.7. The molecule has 0 N–H and O–H groups in total. The molecule has 0 aliphatic carbocycles. The molecule has 0 saturated carbocycles. The molecule has 0 amide bonds. The van der Waals surface area contributed by atoms with E-state index < -0.39 is 11.7 Å². The predicted molar refractivity (Wildman–Crippen MR) is 85.0 cm³/mol. The van der Waals surface area contributed by atoms with E-state index in [0.29, 0.717) is 29.5 Å². The van der Waals surface area contributed by atoms with E-state index >= 15 is 0 Å². The number of benzene rings is 2. The Morgan fingerprint density at radius 2 is 1.88 bits per heavy atom. The first-order valence-corrected chi connectivity index (χ1v) is 7.49. The number of carbonyl (C=O) groups is 1. The number of hydrogen-bond acceptors (Lipinski definition) is 2. The maximum Gasteiger partial charge on any atom is 0.416 e. The fourth-order valence-electron chi connectivity index (χ4n) is 2.31. The van der Waals surface area contributed by atoms with Gasteiger partial charge in [0.05, 0.1) is 17.2 Å². The van der Waals surface area contributed by atoms with Crippen LogP contribution in [0, 0.1) is 11.3 Å². The highest BCUT2D eigenvalue weighted by Gasteiger charge is 2.30. The molecule has 2 aromatic rings. The van der Waals surface area contributed by atoms with Crippen LogP contribution in [-0.2, 0) is 19.0 Å². The number of ketones is 1. The minimum atomic E-state index is -4.43. The molecule has 124 valence electrons. The Morgan fingerprint density at radius 1 is 1.17 bits per heavy atom. The SMILES string of the molecule is CC(=O)c1cc(C#N)cc(CCc2ccc(C(F)(F)F)cc2Cl)c1. The van der Waals surface area contributed by atoms with Gasteiger partial charge in [0.2, 0.25) is 0 Å². The summed E-state index contributed by atoms with van der Waals surface area (Å²) in [7, 11) is 0. The summed E-state index contributed by atoms with van der Waals surface area (Å²) >= 11 is 5.94. The van der Waals surface area contributed by atoms with Crippen molar-refractivity contribution >= 4 is 17.4 Å². The van der Waals surface area contributed by atoms with E-state index in [1.807, 2.05) is 6.07 Å². The summed E-state index contributed by atoms with van der Waals surface area (Å²) in [4.78, 5) is 11.5. The zero-order chi connectivity index (χ0) is 17.9. The van der Waals surface area contributed by atoms with Crippen LogP contribution >= 0.6 is 11.6 Å². The first-order chi connectivity index (χ1) is 11.2. The van der Waals surface area contributed by atoms with Gasteiger partial charge in [-0.3, -0.25) is 4.79 Å². The van der Waals surface area contributed by atoms with Gasteiger partial charge in [0.1, 0.15) is 0 Å². The van der Waals surface area contributed by atoms with Gasteiger partial charge in [0.15, 0.2) is 5.78 Å². The monoisotopic (exact) mass is 351 g/mol. The number of halogens is 4. The first-order valence-electron chi connectivity index (χ1n) is 7.11. The molecule has 0 aromatic heterocycles. The highest BCUT2D eigenvalue weighted by Crippen LogP contribution is 2.32. The summed E-state index contributed by atoms with van der Waals surface area (Å²) in [5.41, 5.74) is 1.35. The minimum Gasteiger partial charge on any atom is -0.295 e. The Morgan fingerprint density at radius 3 is 2.42 bits per heavy atom. The number of rotatable bonds is 4. The van der Waals surface area contributed by atoms with Gasteiger partial charge in [-0.15, -0.1) is 0 Å². The number of hydrogen-bond donors (Lipinski definition) is 0. The average molecular weight is 352 g/mol. The number of nitrogens with zero attached hydrogens (tertiary/aromatic N) is 1. The molecular formula is C18H13ClF3NO. The maximum atomic E-state index is 12.6. The fourth-order valence-corrected chi connectivity index (χ4v) is 2.58. The summed E-state index contributed by atoms with van der Waals surface area (Å²) in [6, 6.07) is 10.1. The van der Waals surface area contributed by atoms with E-state index in [4.69, 9.17) is 16.9 Å². The second-order valence-corrected chi connectivity index (χ2v) is 5.80. The van der Waals surface area contributed by atoms with Crippen molar-refractivity contribution in [3.05, 3.63) is 69.2 Å². The average Bonchev–Trinajstić information content (AvgIpc) is 2.52. The highest BCUT2D eigenvalue weighted by atomic mass is 35.5. The second kappa shape index (κ2) is 7.06. The van der Waals surface area contributed by atoms with Crippen LogP contribution in [0.1, 0.15) is 39.5 Å². The second-order valence-electron chi connectivity index (χ2n) is 5.39. The van der Waals surface area contributed by atoms with Crippen LogP contribution in [0.4, 0.5) is 13.2 Å². The normalized spacial score (nSPS) is 11.2. The van der Waals surface area contributed by atoms with Crippen LogP contribution < -0.4 is 0 Å². The van der Waals surface area contributed by atoms with Gasteiger partial charge < -0.3 is 0 Å². The van der Waals surface area contributed by atoms with Crippen LogP contribution in [-0.4, -0.2) is 5.78 Å². The van der Waals surface area contributed by atoms with Gasteiger partial charge in [-0.1, -0.05) is 17.7 Å². The van der Waals surface area contributed by atoms with Crippen molar-refractivity contribution in [2.75, 3.05) is 0 Å². The number of Topliss-reactive ketones (excluding diaryl/α,β-unsaturated/α-hetero) is 1. The molecule has 0 aliphatic heterocycles. The van der Waals surface area contributed by atoms with Gasteiger partial charge in [-0.05, 0) is 61.2 Å². The Balaban J connectivity index is 2.21. The van der Waals surface area contributed by atoms with Crippen molar-refractivity contribution in [3.63, 3.8) is 0 Å². The standard InChI is InChI=1S/C18H13ClF3NO/c1-11(24)15-7-12(6-13(8-15)10-23)2-3-14-4-5-16(9-17(14)19)18(20,21)22/h4-9H,2-3H2,1H3. The number of carbonyl (C=O) groups excluding carboxylic acids is 1. The molecule has 2 aromatic carbocycles. The van der Waals surface area contributed by atoms with E-state index in [2.05, 4.69) is 0 Å². The Labute approximate surface area is 142 Å². The quantitative estimate of drug-likeness (QED) is 0.709. The van der Waals surface area contributed by atoms with Gasteiger partial charge in [0.25, 0.3) is 0 Å². The molecule has 0 aliphatic rings. The topological polar surface area (TPSA) is 40.9 Å². The summed E-state index contributed by atoms with van der Waals surface area (Å²) in [6.07, 6.45) is -3.57. The molecule has 6 heteroatoms. The van der Waals surface area contributed by atoms with Gasteiger partial charge in [0, 0.05) is 10.6 Å². The lowest BCUT2D eigenvalue weighted by Gasteiger charge is -2.10. The Hall–Kier alpha value is -2.32. The molecule has 0 saturated heterocycles.